The highest BCUT2D eigenvalue weighted by Crippen LogP contribution is 2.18. The Bertz CT molecular complexity index is 411. The van der Waals surface area contributed by atoms with Gasteiger partial charge in [-0.2, -0.15) is 0 Å². The van der Waals surface area contributed by atoms with Crippen LogP contribution in [-0.4, -0.2) is 42.3 Å². The minimum absolute atomic E-state index is 0.0679. The van der Waals surface area contributed by atoms with Crippen LogP contribution in [0.25, 0.3) is 0 Å². The van der Waals surface area contributed by atoms with E-state index < -0.39 is 23.6 Å². The lowest BCUT2D eigenvalue weighted by atomic mass is 10.2. The lowest BCUT2D eigenvalue weighted by molar-refractivity contribution is 0.128. The van der Waals surface area contributed by atoms with Crippen molar-refractivity contribution in [2.45, 2.75) is 20.0 Å². The zero-order valence-corrected chi connectivity index (χ0v) is 11.1. The highest BCUT2D eigenvalue weighted by Gasteiger charge is 2.12. The molecule has 1 rings (SSSR count). The first kappa shape index (κ1) is 15.8. The molecule has 0 aliphatic carbocycles. The van der Waals surface area contributed by atoms with Gasteiger partial charge in [0.25, 0.3) is 0 Å². The molecule has 0 aromatic heterocycles. The van der Waals surface area contributed by atoms with E-state index in [0.29, 0.717) is 12.6 Å². The third-order valence-corrected chi connectivity index (χ3v) is 2.90. The summed E-state index contributed by atoms with van der Waals surface area (Å²) in [5.41, 5.74) is -0.155. The molecular weight excluding hydrogens is 257 g/mol. The van der Waals surface area contributed by atoms with Gasteiger partial charge >= 0.3 is 0 Å². The Kier molecular flexibility index (Phi) is 6.11. The summed E-state index contributed by atoms with van der Waals surface area (Å²) in [5.74, 6) is -3.23. The first-order chi connectivity index (χ1) is 8.97. The molecule has 1 unspecified atom stereocenters. The van der Waals surface area contributed by atoms with Crippen molar-refractivity contribution in [1.29, 1.82) is 0 Å². The average Bonchev–Trinajstić information content (AvgIpc) is 2.38. The molecule has 0 amide bonds. The molecule has 0 fully saturated rings. The minimum atomic E-state index is -1.23. The van der Waals surface area contributed by atoms with Crippen LogP contribution in [0.15, 0.2) is 12.1 Å². The summed E-state index contributed by atoms with van der Waals surface area (Å²) in [7, 11) is 0. The third kappa shape index (κ3) is 4.72. The molecule has 2 N–H and O–H groups in total. The molecule has 1 aromatic carbocycles. The summed E-state index contributed by atoms with van der Waals surface area (Å²) in [6.07, 6.45) is -0.715. The number of nitrogens with one attached hydrogen (secondary N) is 1. The summed E-state index contributed by atoms with van der Waals surface area (Å²) in [4.78, 5) is 2.01. The van der Waals surface area contributed by atoms with Gasteiger partial charge in [-0.05, 0) is 13.1 Å². The van der Waals surface area contributed by atoms with Crippen LogP contribution in [0.1, 0.15) is 13.8 Å². The second-order valence-corrected chi connectivity index (χ2v) is 4.27. The summed E-state index contributed by atoms with van der Waals surface area (Å²) in [5, 5.41) is 12.3. The molecule has 0 aliphatic heterocycles. The summed E-state index contributed by atoms with van der Waals surface area (Å²) < 4.78 is 39.0. The van der Waals surface area contributed by atoms with Gasteiger partial charge in [-0.3, -0.25) is 0 Å². The van der Waals surface area contributed by atoms with Crippen molar-refractivity contribution in [3.63, 3.8) is 0 Å². The van der Waals surface area contributed by atoms with Crippen molar-refractivity contribution in [2.75, 3.05) is 31.5 Å². The molecule has 1 atom stereocenters. The van der Waals surface area contributed by atoms with Crippen LogP contribution < -0.4 is 5.32 Å². The van der Waals surface area contributed by atoms with Crippen molar-refractivity contribution in [3.8, 4) is 0 Å². The molecule has 3 nitrogen and oxygen atoms in total. The first-order valence-electron chi connectivity index (χ1n) is 6.26. The number of anilines is 1. The lowest BCUT2D eigenvalue weighted by Crippen LogP contribution is -2.36. The van der Waals surface area contributed by atoms with Crippen molar-refractivity contribution < 1.29 is 18.3 Å². The second-order valence-electron chi connectivity index (χ2n) is 4.27. The van der Waals surface area contributed by atoms with E-state index in [-0.39, 0.29) is 12.2 Å². The first-order valence-corrected chi connectivity index (χ1v) is 6.26. The van der Waals surface area contributed by atoms with E-state index in [1.54, 1.807) is 0 Å². The maximum Gasteiger partial charge on any atom is 0.161 e. The molecule has 0 saturated carbocycles. The SMILES string of the molecule is CCN(CC)CC(O)CNc1cc(F)c(F)cc1F. The number of halogens is 3. The molecule has 6 heteroatoms. The van der Waals surface area contributed by atoms with E-state index in [1.807, 2.05) is 18.7 Å². The van der Waals surface area contributed by atoms with Crippen LogP contribution in [0, 0.1) is 17.5 Å². The Balaban J connectivity index is 2.55. The Morgan fingerprint density at radius 3 is 2.26 bits per heavy atom. The molecule has 19 heavy (non-hydrogen) atoms. The van der Waals surface area contributed by atoms with Gasteiger partial charge in [-0.1, -0.05) is 13.8 Å². The smallest absolute Gasteiger partial charge is 0.161 e. The van der Waals surface area contributed by atoms with Gasteiger partial charge in [-0.25, -0.2) is 13.2 Å². The van der Waals surface area contributed by atoms with Crippen LogP contribution in [0.5, 0.6) is 0 Å². The monoisotopic (exact) mass is 276 g/mol. The summed E-state index contributed by atoms with van der Waals surface area (Å²) >= 11 is 0. The van der Waals surface area contributed by atoms with Gasteiger partial charge in [0, 0.05) is 25.2 Å². The molecule has 0 radical (unpaired) electrons. The zero-order chi connectivity index (χ0) is 14.4. The van der Waals surface area contributed by atoms with E-state index >= 15 is 0 Å². The Labute approximate surface area is 111 Å². The van der Waals surface area contributed by atoms with E-state index in [9.17, 15) is 18.3 Å². The molecule has 0 spiro atoms. The molecule has 0 heterocycles. The quantitative estimate of drug-likeness (QED) is 0.750. The minimum Gasteiger partial charge on any atom is -0.390 e. The Hall–Kier alpha value is -1.27. The van der Waals surface area contributed by atoms with Gasteiger partial charge in [0.1, 0.15) is 5.82 Å². The zero-order valence-electron chi connectivity index (χ0n) is 11.1. The number of aliphatic hydroxyl groups is 1. The maximum atomic E-state index is 13.3. The summed E-state index contributed by atoms with van der Waals surface area (Å²) in [6.45, 7) is 6.04. The fourth-order valence-corrected chi connectivity index (χ4v) is 1.73. The number of nitrogens with zero attached hydrogens (tertiary/aromatic N) is 1. The van der Waals surface area contributed by atoms with E-state index in [4.69, 9.17) is 0 Å². The van der Waals surface area contributed by atoms with Crippen molar-refractivity contribution in [1.82, 2.24) is 4.90 Å². The van der Waals surface area contributed by atoms with Gasteiger partial charge < -0.3 is 15.3 Å². The van der Waals surface area contributed by atoms with Crippen LogP contribution in [0.4, 0.5) is 18.9 Å². The fraction of sp³-hybridized carbons (Fsp3) is 0.538. The van der Waals surface area contributed by atoms with E-state index in [0.717, 1.165) is 19.2 Å². The Morgan fingerprint density at radius 1 is 1.11 bits per heavy atom. The topological polar surface area (TPSA) is 35.5 Å². The molecule has 108 valence electrons. The normalized spacial score (nSPS) is 12.8. The van der Waals surface area contributed by atoms with Gasteiger partial charge in [0.2, 0.25) is 0 Å². The molecule has 0 aliphatic rings. The molecule has 0 saturated heterocycles. The van der Waals surface area contributed by atoms with Crippen LogP contribution in [-0.2, 0) is 0 Å². The molecular formula is C13H19F3N2O. The lowest BCUT2D eigenvalue weighted by Gasteiger charge is -2.22. The van der Waals surface area contributed by atoms with E-state index in [2.05, 4.69) is 5.32 Å². The van der Waals surface area contributed by atoms with Crippen molar-refractivity contribution >= 4 is 5.69 Å². The van der Waals surface area contributed by atoms with E-state index in [1.165, 1.54) is 0 Å². The summed E-state index contributed by atoms with van der Waals surface area (Å²) in [6, 6.07) is 1.23. The predicted molar refractivity (Wildman–Crippen MR) is 68.6 cm³/mol. The predicted octanol–water partition coefficient (Wildman–Crippen LogP) is 2.22. The standard InChI is InChI=1S/C13H19F3N2O/c1-3-18(4-2)8-9(19)7-17-13-6-11(15)10(14)5-12(13)16/h5-6,9,17,19H,3-4,7-8H2,1-2H3. The average molecular weight is 276 g/mol. The van der Waals surface area contributed by atoms with Gasteiger partial charge in [-0.15, -0.1) is 0 Å². The number of likely N-dealkylation sites (N-methyl/N-ethyl adjacent to an activating group) is 1. The fourth-order valence-electron chi connectivity index (χ4n) is 1.73. The number of benzene rings is 1. The number of aliphatic hydroxyl groups excluding tert-OH is 1. The molecule has 0 bridgehead atoms. The van der Waals surface area contributed by atoms with Crippen molar-refractivity contribution in [3.05, 3.63) is 29.6 Å². The van der Waals surface area contributed by atoms with Gasteiger partial charge in [0.05, 0.1) is 11.8 Å². The number of rotatable bonds is 7. The number of hydrogen-bond acceptors (Lipinski definition) is 3. The highest BCUT2D eigenvalue weighted by atomic mass is 19.2. The third-order valence-electron chi connectivity index (χ3n) is 2.90. The molecule has 1 aromatic rings. The van der Waals surface area contributed by atoms with Crippen LogP contribution in [0.2, 0.25) is 0 Å². The van der Waals surface area contributed by atoms with Crippen LogP contribution in [0.3, 0.4) is 0 Å². The maximum absolute atomic E-state index is 13.3. The van der Waals surface area contributed by atoms with Crippen molar-refractivity contribution in [2.24, 2.45) is 0 Å². The van der Waals surface area contributed by atoms with Crippen LogP contribution >= 0.6 is 0 Å². The highest BCUT2D eigenvalue weighted by molar-refractivity contribution is 5.45. The largest absolute Gasteiger partial charge is 0.390 e. The number of hydrogen-bond donors (Lipinski definition) is 2. The van der Waals surface area contributed by atoms with Gasteiger partial charge in [0.15, 0.2) is 11.6 Å². The second kappa shape index (κ2) is 7.35. The Morgan fingerprint density at radius 2 is 1.68 bits per heavy atom.